The molecule has 0 spiro atoms. The van der Waals surface area contributed by atoms with Crippen LogP contribution in [0.3, 0.4) is 0 Å². The lowest BCUT2D eigenvalue weighted by atomic mass is 9.87. The first-order chi connectivity index (χ1) is 6.54. The quantitative estimate of drug-likeness (QED) is 0.764. The summed E-state index contributed by atoms with van der Waals surface area (Å²) in [6.45, 7) is 4.83. The Balaban J connectivity index is 3.96. The molecular weight excluding hydrogens is 209 g/mol. The standard InChI is InChI=1S/C9H17F3N2O/c1-8(2,3)6(13)7(15)14-5-4-9(10,11)12/h6H,4-5,13H2,1-3H3,(H,14,15). The lowest BCUT2D eigenvalue weighted by molar-refractivity contribution is -0.136. The number of amides is 1. The Labute approximate surface area is 87.2 Å². The van der Waals surface area contributed by atoms with E-state index in [1.807, 2.05) is 0 Å². The molecule has 0 aliphatic heterocycles. The van der Waals surface area contributed by atoms with Crippen LogP contribution in [0.15, 0.2) is 0 Å². The minimum Gasteiger partial charge on any atom is -0.354 e. The van der Waals surface area contributed by atoms with Crippen LogP contribution in [0.25, 0.3) is 0 Å². The molecule has 0 heterocycles. The first-order valence-electron chi connectivity index (χ1n) is 4.64. The van der Waals surface area contributed by atoms with Crippen molar-refractivity contribution in [1.29, 1.82) is 0 Å². The molecule has 0 aromatic rings. The fourth-order valence-corrected chi connectivity index (χ4v) is 0.831. The number of carbonyl (C=O) groups is 1. The van der Waals surface area contributed by atoms with Gasteiger partial charge in [0.25, 0.3) is 0 Å². The van der Waals surface area contributed by atoms with Crippen molar-refractivity contribution in [2.24, 2.45) is 11.1 Å². The second kappa shape index (κ2) is 4.83. The third-order valence-corrected chi connectivity index (χ3v) is 1.92. The number of nitrogens with two attached hydrogens (primary N) is 1. The molecule has 0 aliphatic carbocycles. The number of hydrogen-bond donors (Lipinski definition) is 2. The molecule has 0 aliphatic rings. The monoisotopic (exact) mass is 226 g/mol. The molecule has 1 amide bonds. The molecule has 0 rings (SSSR count). The summed E-state index contributed by atoms with van der Waals surface area (Å²) in [5.41, 5.74) is 5.09. The van der Waals surface area contributed by atoms with Crippen LogP contribution in [-0.4, -0.2) is 24.7 Å². The van der Waals surface area contributed by atoms with E-state index in [0.29, 0.717) is 0 Å². The van der Waals surface area contributed by atoms with Gasteiger partial charge in [-0.2, -0.15) is 13.2 Å². The van der Waals surface area contributed by atoms with Crippen molar-refractivity contribution in [2.45, 2.75) is 39.4 Å². The third-order valence-electron chi connectivity index (χ3n) is 1.92. The second-order valence-corrected chi connectivity index (χ2v) is 4.50. The van der Waals surface area contributed by atoms with E-state index < -0.39 is 36.5 Å². The first kappa shape index (κ1) is 14.2. The van der Waals surface area contributed by atoms with Crippen LogP contribution >= 0.6 is 0 Å². The van der Waals surface area contributed by atoms with Crippen molar-refractivity contribution in [3.63, 3.8) is 0 Å². The van der Waals surface area contributed by atoms with E-state index >= 15 is 0 Å². The highest BCUT2D eigenvalue weighted by atomic mass is 19.4. The summed E-state index contributed by atoms with van der Waals surface area (Å²) in [6, 6.07) is -0.800. The molecule has 0 radical (unpaired) electrons. The fraction of sp³-hybridized carbons (Fsp3) is 0.889. The average molecular weight is 226 g/mol. The Hall–Kier alpha value is -0.780. The van der Waals surface area contributed by atoms with Gasteiger partial charge in [0.15, 0.2) is 0 Å². The van der Waals surface area contributed by atoms with Gasteiger partial charge in [0.1, 0.15) is 0 Å². The predicted molar refractivity (Wildman–Crippen MR) is 51.1 cm³/mol. The highest BCUT2D eigenvalue weighted by molar-refractivity contribution is 5.82. The SMILES string of the molecule is CC(C)(C)C(N)C(=O)NCCC(F)(F)F. The fourth-order valence-electron chi connectivity index (χ4n) is 0.831. The van der Waals surface area contributed by atoms with Crippen LogP contribution in [0.1, 0.15) is 27.2 Å². The molecule has 0 aromatic carbocycles. The van der Waals surface area contributed by atoms with Crippen molar-refractivity contribution >= 4 is 5.91 Å². The van der Waals surface area contributed by atoms with Crippen LogP contribution in [-0.2, 0) is 4.79 Å². The maximum absolute atomic E-state index is 11.8. The summed E-state index contributed by atoms with van der Waals surface area (Å²) in [4.78, 5) is 11.3. The summed E-state index contributed by atoms with van der Waals surface area (Å²) in [6.07, 6.45) is -5.28. The number of alkyl halides is 3. The number of carbonyl (C=O) groups excluding carboxylic acids is 1. The van der Waals surface area contributed by atoms with Gasteiger partial charge in [-0.1, -0.05) is 20.8 Å². The van der Waals surface area contributed by atoms with Gasteiger partial charge in [0.05, 0.1) is 12.5 Å². The van der Waals surface area contributed by atoms with Gasteiger partial charge < -0.3 is 11.1 Å². The van der Waals surface area contributed by atoms with E-state index in [2.05, 4.69) is 5.32 Å². The Morgan fingerprint density at radius 3 is 2.13 bits per heavy atom. The van der Waals surface area contributed by atoms with E-state index in [9.17, 15) is 18.0 Å². The smallest absolute Gasteiger partial charge is 0.354 e. The zero-order chi connectivity index (χ0) is 12.3. The Morgan fingerprint density at radius 1 is 1.33 bits per heavy atom. The molecule has 3 N–H and O–H groups in total. The van der Waals surface area contributed by atoms with Crippen molar-refractivity contribution in [1.82, 2.24) is 5.32 Å². The molecule has 0 aromatic heterocycles. The lowest BCUT2D eigenvalue weighted by Crippen LogP contribution is -2.49. The molecule has 3 nitrogen and oxygen atoms in total. The molecule has 0 saturated heterocycles. The molecule has 0 fully saturated rings. The number of hydrogen-bond acceptors (Lipinski definition) is 2. The van der Waals surface area contributed by atoms with Crippen molar-refractivity contribution in [3.05, 3.63) is 0 Å². The van der Waals surface area contributed by atoms with Gasteiger partial charge in [0.2, 0.25) is 5.91 Å². The van der Waals surface area contributed by atoms with Crippen LogP contribution in [0.4, 0.5) is 13.2 Å². The molecule has 1 atom stereocenters. The summed E-state index contributed by atoms with van der Waals surface area (Å²) in [5.74, 6) is -0.549. The molecule has 90 valence electrons. The van der Waals surface area contributed by atoms with Gasteiger partial charge in [-0.15, -0.1) is 0 Å². The summed E-state index contributed by atoms with van der Waals surface area (Å²) in [7, 11) is 0. The second-order valence-electron chi connectivity index (χ2n) is 4.50. The molecular formula is C9H17F3N2O. The van der Waals surface area contributed by atoms with E-state index in [1.54, 1.807) is 20.8 Å². The van der Waals surface area contributed by atoms with E-state index in [1.165, 1.54) is 0 Å². The van der Waals surface area contributed by atoms with Gasteiger partial charge in [-0.3, -0.25) is 4.79 Å². The van der Waals surface area contributed by atoms with Crippen LogP contribution in [0, 0.1) is 5.41 Å². The van der Waals surface area contributed by atoms with Gasteiger partial charge in [-0.05, 0) is 5.41 Å². The van der Waals surface area contributed by atoms with Gasteiger partial charge in [0, 0.05) is 6.54 Å². The van der Waals surface area contributed by atoms with E-state index in [4.69, 9.17) is 5.73 Å². The van der Waals surface area contributed by atoms with Crippen LogP contribution in [0.5, 0.6) is 0 Å². The normalized spacial score (nSPS) is 14.9. The lowest BCUT2D eigenvalue weighted by Gasteiger charge is -2.25. The van der Waals surface area contributed by atoms with Crippen LogP contribution < -0.4 is 11.1 Å². The zero-order valence-electron chi connectivity index (χ0n) is 9.11. The van der Waals surface area contributed by atoms with Crippen molar-refractivity contribution < 1.29 is 18.0 Å². The van der Waals surface area contributed by atoms with Crippen molar-refractivity contribution in [3.8, 4) is 0 Å². The molecule has 0 bridgehead atoms. The molecule has 15 heavy (non-hydrogen) atoms. The number of nitrogens with one attached hydrogen (secondary N) is 1. The highest BCUT2D eigenvalue weighted by Gasteiger charge is 2.29. The predicted octanol–water partition coefficient (Wildman–Crippen LogP) is 1.43. The maximum atomic E-state index is 11.8. The third kappa shape index (κ3) is 6.33. The molecule has 0 saturated carbocycles. The molecule has 6 heteroatoms. The van der Waals surface area contributed by atoms with E-state index in [0.717, 1.165) is 0 Å². The number of rotatable bonds is 3. The zero-order valence-corrected chi connectivity index (χ0v) is 9.11. The highest BCUT2D eigenvalue weighted by Crippen LogP contribution is 2.19. The average Bonchev–Trinajstić information content (AvgIpc) is 1.98. The Morgan fingerprint density at radius 2 is 1.80 bits per heavy atom. The minimum atomic E-state index is -4.25. The summed E-state index contributed by atoms with van der Waals surface area (Å²) >= 11 is 0. The van der Waals surface area contributed by atoms with Crippen LogP contribution in [0.2, 0.25) is 0 Å². The number of halogens is 3. The largest absolute Gasteiger partial charge is 0.390 e. The summed E-state index contributed by atoms with van der Waals surface area (Å²) < 4.78 is 35.3. The van der Waals surface area contributed by atoms with Gasteiger partial charge in [-0.25, -0.2) is 0 Å². The Bertz CT molecular complexity index is 220. The minimum absolute atomic E-state index is 0.424. The van der Waals surface area contributed by atoms with Crippen molar-refractivity contribution in [2.75, 3.05) is 6.54 Å². The first-order valence-corrected chi connectivity index (χ1v) is 4.64. The van der Waals surface area contributed by atoms with E-state index in [-0.39, 0.29) is 0 Å². The maximum Gasteiger partial charge on any atom is 0.390 e. The topological polar surface area (TPSA) is 55.1 Å². The summed E-state index contributed by atoms with van der Waals surface area (Å²) in [5, 5.41) is 2.16. The Kier molecular flexibility index (Phi) is 4.58. The molecule has 1 unspecified atom stereocenters. The van der Waals surface area contributed by atoms with Gasteiger partial charge >= 0.3 is 6.18 Å².